The van der Waals surface area contributed by atoms with Crippen LogP contribution in [0.4, 0.5) is 5.69 Å². The molecule has 5 nitrogen and oxygen atoms in total. The van der Waals surface area contributed by atoms with Crippen molar-refractivity contribution in [3.05, 3.63) is 65.0 Å². The smallest absolute Gasteiger partial charge is 0.282 e. The lowest BCUT2D eigenvalue weighted by atomic mass is 10.1. The molecule has 28 heavy (non-hydrogen) atoms. The molecule has 4 rings (SSSR count). The lowest BCUT2D eigenvalue weighted by molar-refractivity contribution is -0.915. The van der Waals surface area contributed by atoms with Crippen molar-refractivity contribution < 1.29 is 9.42 Å². The molecule has 2 aromatic carbocycles. The average molecular weight is 378 g/mol. The standard InChI is InChI=1S/C23H28N4O/c1-4-19-8-10-20(11-9-19)23-24-22(28-25-23)16-26-12-14-27(15-13-26)21-7-5-6-17(2)18(21)3/h5-11H,4,12-16H2,1-3H3/p+1. The topological polar surface area (TPSA) is 46.6 Å². The van der Waals surface area contributed by atoms with E-state index in [0.29, 0.717) is 5.82 Å². The normalized spacial score (nSPS) is 15.2. The van der Waals surface area contributed by atoms with Gasteiger partial charge in [-0.15, -0.1) is 0 Å². The third-order valence-electron chi connectivity index (χ3n) is 5.88. The summed E-state index contributed by atoms with van der Waals surface area (Å²) in [5, 5.41) is 4.18. The Morgan fingerprint density at radius 1 is 1.04 bits per heavy atom. The fraction of sp³-hybridized carbons (Fsp3) is 0.391. The van der Waals surface area contributed by atoms with E-state index in [4.69, 9.17) is 4.52 Å². The third-order valence-corrected chi connectivity index (χ3v) is 5.88. The Kier molecular flexibility index (Phi) is 5.44. The van der Waals surface area contributed by atoms with Crippen molar-refractivity contribution >= 4 is 5.69 Å². The summed E-state index contributed by atoms with van der Waals surface area (Å²) >= 11 is 0. The summed E-state index contributed by atoms with van der Waals surface area (Å²) in [6.45, 7) is 11.6. The van der Waals surface area contributed by atoms with E-state index >= 15 is 0 Å². The molecule has 2 heterocycles. The maximum Gasteiger partial charge on any atom is 0.282 e. The number of benzene rings is 2. The average Bonchev–Trinajstić information content (AvgIpc) is 3.19. The summed E-state index contributed by atoms with van der Waals surface area (Å²) < 4.78 is 5.53. The minimum atomic E-state index is 0.686. The SMILES string of the molecule is CCc1ccc(-c2noc(C[NH+]3CCN(c4cccc(C)c4C)CC3)n2)cc1. The van der Waals surface area contributed by atoms with Gasteiger partial charge in [0.25, 0.3) is 5.89 Å². The molecule has 0 spiro atoms. The number of nitrogens with one attached hydrogen (secondary N) is 1. The lowest BCUT2D eigenvalue weighted by Crippen LogP contribution is -3.13. The van der Waals surface area contributed by atoms with E-state index in [1.807, 2.05) is 0 Å². The van der Waals surface area contributed by atoms with Crippen LogP contribution in [0.2, 0.25) is 0 Å². The molecule has 0 radical (unpaired) electrons. The number of piperazine rings is 1. The second-order valence-electron chi connectivity index (χ2n) is 7.70. The molecular formula is C23H29N4O+. The van der Waals surface area contributed by atoms with Crippen LogP contribution in [0.15, 0.2) is 47.0 Å². The predicted octanol–water partition coefficient (Wildman–Crippen LogP) is 2.82. The Morgan fingerprint density at radius 3 is 2.50 bits per heavy atom. The largest absolute Gasteiger partial charge is 0.360 e. The van der Waals surface area contributed by atoms with Crippen LogP contribution in [-0.2, 0) is 13.0 Å². The molecule has 146 valence electrons. The minimum absolute atomic E-state index is 0.686. The highest BCUT2D eigenvalue weighted by atomic mass is 16.5. The Labute approximate surface area is 167 Å². The lowest BCUT2D eigenvalue weighted by Gasteiger charge is -2.34. The molecule has 1 saturated heterocycles. The molecule has 0 atom stereocenters. The fourth-order valence-corrected chi connectivity index (χ4v) is 3.87. The van der Waals surface area contributed by atoms with Crippen LogP contribution in [0.1, 0.15) is 29.5 Å². The molecule has 1 aromatic heterocycles. The van der Waals surface area contributed by atoms with E-state index in [0.717, 1.165) is 50.6 Å². The van der Waals surface area contributed by atoms with E-state index in [2.05, 4.69) is 78.3 Å². The van der Waals surface area contributed by atoms with Gasteiger partial charge in [-0.05, 0) is 43.0 Å². The van der Waals surface area contributed by atoms with Gasteiger partial charge >= 0.3 is 0 Å². The molecule has 0 unspecified atom stereocenters. The summed E-state index contributed by atoms with van der Waals surface area (Å²) in [7, 11) is 0. The zero-order valence-electron chi connectivity index (χ0n) is 17.0. The van der Waals surface area contributed by atoms with Gasteiger partial charge in [-0.3, -0.25) is 0 Å². The van der Waals surface area contributed by atoms with E-state index < -0.39 is 0 Å². The first-order valence-corrected chi connectivity index (χ1v) is 10.2. The first kappa shape index (κ1) is 18.7. The van der Waals surface area contributed by atoms with Gasteiger partial charge in [0.05, 0.1) is 26.2 Å². The third kappa shape index (κ3) is 3.94. The maximum atomic E-state index is 5.53. The Balaban J connectivity index is 1.36. The summed E-state index contributed by atoms with van der Waals surface area (Å²) in [4.78, 5) is 8.62. The van der Waals surface area contributed by atoms with Crippen LogP contribution < -0.4 is 9.80 Å². The van der Waals surface area contributed by atoms with Crippen LogP contribution in [0.25, 0.3) is 11.4 Å². The summed E-state index contributed by atoms with van der Waals surface area (Å²) in [6, 6.07) is 15.0. The van der Waals surface area contributed by atoms with Crippen molar-refractivity contribution in [1.29, 1.82) is 0 Å². The van der Waals surface area contributed by atoms with Gasteiger partial charge in [0.2, 0.25) is 5.82 Å². The summed E-state index contributed by atoms with van der Waals surface area (Å²) in [5.74, 6) is 1.41. The number of aryl methyl sites for hydroxylation is 2. The van der Waals surface area contributed by atoms with E-state index in [-0.39, 0.29) is 0 Å². The monoisotopic (exact) mass is 377 g/mol. The number of hydrogen-bond donors (Lipinski definition) is 1. The van der Waals surface area contributed by atoms with Crippen molar-refractivity contribution in [2.75, 3.05) is 31.1 Å². The second kappa shape index (κ2) is 8.15. The number of quaternary nitrogens is 1. The van der Waals surface area contributed by atoms with Crippen molar-refractivity contribution in [2.45, 2.75) is 33.7 Å². The Bertz CT molecular complexity index is 924. The molecule has 0 saturated carbocycles. The van der Waals surface area contributed by atoms with Crippen LogP contribution in [0.3, 0.4) is 0 Å². The predicted molar refractivity (Wildman–Crippen MR) is 112 cm³/mol. The number of hydrogen-bond acceptors (Lipinski definition) is 4. The van der Waals surface area contributed by atoms with Crippen molar-refractivity contribution in [1.82, 2.24) is 10.1 Å². The number of nitrogens with zero attached hydrogens (tertiary/aromatic N) is 3. The first-order chi connectivity index (χ1) is 13.6. The van der Waals surface area contributed by atoms with Crippen LogP contribution >= 0.6 is 0 Å². The van der Waals surface area contributed by atoms with Crippen LogP contribution in [0.5, 0.6) is 0 Å². The van der Waals surface area contributed by atoms with Gasteiger partial charge < -0.3 is 14.3 Å². The van der Waals surface area contributed by atoms with Crippen LogP contribution in [-0.4, -0.2) is 36.3 Å². The van der Waals surface area contributed by atoms with Crippen LogP contribution in [0, 0.1) is 13.8 Å². The highest BCUT2D eigenvalue weighted by Crippen LogP contribution is 2.22. The first-order valence-electron chi connectivity index (χ1n) is 10.2. The molecule has 1 aliphatic rings. The fourth-order valence-electron chi connectivity index (χ4n) is 3.87. The number of anilines is 1. The Morgan fingerprint density at radius 2 is 1.79 bits per heavy atom. The van der Waals surface area contributed by atoms with E-state index in [9.17, 15) is 0 Å². The van der Waals surface area contributed by atoms with Gasteiger partial charge in [0.15, 0.2) is 6.54 Å². The van der Waals surface area contributed by atoms with Gasteiger partial charge in [0.1, 0.15) is 0 Å². The highest BCUT2D eigenvalue weighted by Gasteiger charge is 2.23. The number of rotatable bonds is 5. The second-order valence-corrected chi connectivity index (χ2v) is 7.70. The molecule has 5 heteroatoms. The molecular weight excluding hydrogens is 348 g/mol. The molecule has 1 aliphatic heterocycles. The van der Waals surface area contributed by atoms with E-state index in [1.165, 1.54) is 27.3 Å². The molecule has 1 N–H and O–H groups in total. The zero-order chi connectivity index (χ0) is 19.5. The summed E-state index contributed by atoms with van der Waals surface area (Å²) in [6.07, 6.45) is 1.04. The number of aromatic nitrogens is 2. The Hall–Kier alpha value is -2.66. The molecule has 0 amide bonds. The van der Waals surface area contributed by atoms with Crippen molar-refractivity contribution in [2.24, 2.45) is 0 Å². The van der Waals surface area contributed by atoms with Gasteiger partial charge in [-0.2, -0.15) is 4.98 Å². The maximum absolute atomic E-state index is 5.53. The van der Waals surface area contributed by atoms with Gasteiger partial charge in [0, 0.05) is 11.3 Å². The van der Waals surface area contributed by atoms with Crippen molar-refractivity contribution in [3.8, 4) is 11.4 Å². The summed E-state index contributed by atoms with van der Waals surface area (Å²) in [5.41, 5.74) is 6.45. The van der Waals surface area contributed by atoms with Gasteiger partial charge in [-0.25, -0.2) is 0 Å². The zero-order valence-corrected chi connectivity index (χ0v) is 17.0. The molecule has 0 aliphatic carbocycles. The van der Waals surface area contributed by atoms with Crippen molar-refractivity contribution in [3.63, 3.8) is 0 Å². The molecule has 0 bridgehead atoms. The highest BCUT2D eigenvalue weighted by molar-refractivity contribution is 5.56. The molecule has 1 fully saturated rings. The van der Waals surface area contributed by atoms with E-state index in [1.54, 1.807) is 0 Å². The van der Waals surface area contributed by atoms with Gasteiger partial charge in [-0.1, -0.05) is 48.5 Å². The molecule has 3 aromatic rings. The minimum Gasteiger partial charge on any atom is -0.360 e. The quantitative estimate of drug-likeness (QED) is 0.743.